The van der Waals surface area contributed by atoms with Gasteiger partial charge in [0.1, 0.15) is 0 Å². The highest BCUT2D eigenvalue weighted by Gasteiger charge is 2.17. The predicted molar refractivity (Wildman–Crippen MR) is 45.2 cm³/mol. The van der Waals surface area contributed by atoms with Gasteiger partial charge in [-0.05, 0) is 6.42 Å². The molecule has 0 aromatic carbocycles. The van der Waals surface area contributed by atoms with Crippen LogP contribution in [0.5, 0.6) is 0 Å². The summed E-state index contributed by atoms with van der Waals surface area (Å²) >= 11 is 0. The second kappa shape index (κ2) is 4.70. The molecule has 0 saturated carbocycles. The fraction of sp³-hybridized carbons (Fsp3) is 0.875. The molecule has 1 heterocycles. The van der Waals surface area contributed by atoms with Crippen LogP contribution in [0.4, 0.5) is 0 Å². The topological polar surface area (TPSA) is 24.5 Å². The van der Waals surface area contributed by atoms with Crippen molar-refractivity contribution >= 4 is 0 Å². The largest absolute Gasteiger partial charge is 0.385 e. The van der Waals surface area contributed by atoms with Crippen molar-refractivity contribution in [2.75, 3.05) is 33.4 Å². The number of nitrogens with zero attached hydrogens (tertiary/aromatic N) is 1. The zero-order valence-corrected chi connectivity index (χ0v) is 7.18. The Hall–Kier alpha value is -0.120. The number of piperazine rings is 1. The first-order chi connectivity index (χ1) is 5.34. The minimum atomic E-state index is 0.559. The van der Waals surface area contributed by atoms with Crippen molar-refractivity contribution in [3.05, 3.63) is 7.05 Å². The number of ether oxygens (including phenoxy) is 1. The molecule has 1 fully saturated rings. The standard InChI is InChI=1S/C8H17N2O/c1-10-5-4-9-7-8(10)3-6-11-2/h8-9H,1,3-7H2,2H3. The van der Waals surface area contributed by atoms with Gasteiger partial charge in [0, 0.05) is 46.4 Å². The molecule has 11 heavy (non-hydrogen) atoms. The molecule has 1 aliphatic rings. The molecule has 0 aromatic rings. The highest BCUT2D eigenvalue weighted by atomic mass is 16.5. The summed E-state index contributed by atoms with van der Waals surface area (Å²) in [5.74, 6) is 0. The monoisotopic (exact) mass is 157 g/mol. The van der Waals surface area contributed by atoms with Crippen molar-refractivity contribution in [3.63, 3.8) is 0 Å². The number of rotatable bonds is 3. The van der Waals surface area contributed by atoms with E-state index >= 15 is 0 Å². The van der Waals surface area contributed by atoms with Gasteiger partial charge in [0.05, 0.1) is 0 Å². The Morgan fingerprint density at radius 1 is 1.73 bits per heavy atom. The predicted octanol–water partition coefficient (Wildman–Crippen LogP) is 0.0883. The van der Waals surface area contributed by atoms with Gasteiger partial charge in [-0.3, -0.25) is 4.90 Å². The van der Waals surface area contributed by atoms with Crippen LogP contribution in [0.1, 0.15) is 6.42 Å². The van der Waals surface area contributed by atoms with Gasteiger partial charge in [-0.2, -0.15) is 0 Å². The first-order valence-corrected chi connectivity index (χ1v) is 4.11. The first-order valence-electron chi connectivity index (χ1n) is 4.11. The van der Waals surface area contributed by atoms with Crippen molar-refractivity contribution in [1.29, 1.82) is 0 Å². The highest BCUT2D eigenvalue weighted by Crippen LogP contribution is 2.04. The third-order valence-electron chi connectivity index (χ3n) is 2.13. The molecule has 65 valence electrons. The Morgan fingerprint density at radius 3 is 3.18 bits per heavy atom. The average molecular weight is 157 g/mol. The summed E-state index contributed by atoms with van der Waals surface area (Å²) in [5.41, 5.74) is 0. The fourth-order valence-corrected chi connectivity index (χ4v) is 1.34. The minimum Gasteiger partial charge on any atom is -0.385 e. The van der Waals surface area contributed by atoms with E-state index in [9.17, 15) is 0 Å². The third-order valence-corrected chi connectivity index (χ3v) is 2.13. The van der Waals surface area contributed by atoms with Crippen molar-refractivity contribution in [2.24, 2.45) is 0 Å². The van der Waals surface area contributed by atoms with Gasteiger partial charge < -0.3 is 10.1 Å². The number of hydrogen-bond acceptors (Lipinski definition) is 3. The molecule has 1 N–H and O–H groups in total. The van der Waals surface area contributed by atoms with Crippen LogP contribution >= 0.6 is 0 Å². The summed E-state index contributed by atoms with van der Waals surface area (Å²) in [4.78, 5) is 2.15. The summed E-state index contributed by atoms with van der Waals surface area (Å²) in [6.45, 7) is 3.99. The second-order valence-corrected chi connectivity index (χ2v) is 2.95. The van der Waals surface area contributed by atoms with Crippen LogP contribution in [0.25, 0.3) is 0 Å². The molecule has 1 saturated heterocycles. The van der Waals surface area contributed by atoms with E-state index in [1.165, 1.54) is 0 Å². The Morgan fingerprint density at radius 2 is 2.55 bits per heavy atom. The molecule has 0 bridgehead atoms. The van der Waals surface area contributed by atoms with E-state index in [0.29, 0.717) is 6.04 Å². The molecule has 0 aromatic heterocycles. The molecule has 0 aliphatic carbocycles. The summed E-state index contributed by atoms with van der Waals surface area (Å²) < 4.78 is 5.01. The lowest BCUT2D eigenvalue weighted by Crippen LogP contribution is -2.48. The van der Waals surface area contributed by atoms with Gasteiger partial charge in [-0.15, -0.1) is 0 Å². The molecule has 1 unspecified atom stereocenters. The normalized spacial score (nSPS) is 27.3. The van der Waals surface area contributed by atoms with Gasteiger partial charge >= 0.3 is 0 Å². The Bertz CT molecular complexity index is 108. The quantitative estimate of drug-likeness (QED) is 0.628. The number of methoxy groups -OCH3 is 1. The second-order valence-electron chi connectivity index (χ2n) is 2.95. The maximum absolute atomic E-state index is 5.01. The van der Waals surface area contributed by atoms with Crippen LogP contribution in [-0.2, 0) is 4.74 Å². The highest BCUT2D eigenvalue weighted by molar-refractivity contribution is 4.78. The fourth-order valence-electron chi connectivity index (χ4n) is 1.34. The molecule has 0 amide bonds. The molecule has 0 spiro atoms. The van der Waals surface area contributed by atoms with E-state index in [2.05, 4.69) is 17.3 Å². The maximum atomic E-state index is 5.01. The van der Waals surface area contributed by atoms with E-state index in [1.807, 2.05) is 0 Å². The molecule has 3 heteroatoms. The van der Waals surface area contributed by atoms with Gasteiger partial charge in [0.15, 0.2) is 0 Å². The molecule has 1 radical (unpaired) electrons. The third kappa shape index (κ3) is 2.77. The van der Waals surface area contributed by atoms with Crippen LogP contribution in [0.15, 0.2) is 0 Å². The molecule has 1 aliphatic heterocycles. The van der Waals surface area contributed by atoms with E-state index in [4.69, 9.17) is 4.74 Å². The van der Waals surface area contributed by atoms with Crippen LogP contribution in [0, 0.1) is 7.05 Å². The maximum Gasteiger partial charge on any atom is 0.0477 e. The molecule has 3 nitrogen and oxygen atoms in total. The van der Waals surface area contributed by atoms with Gasteiger partial charge in [-0.1, -0.05) is 0 Å². The average Bonchev–Trinajstić information content (AvgIpc) is 2.03. The SMILES string of the molecule is [CH2]N1CCNCC1CCOC. The van der Waals surface area contributed by atoms with Gasteiger partial charge in [-0.25, -0.2) is 0 Å². The number of nitrogens with one attached hydrogen (secondary N) is 1. The molecule has 1 atom stereocenters. The van der Waals surface area contributed by atoms with Crippen molar-refractivity contribution < 1.29 is 4.74 Å². The summed E-state index contributed by atoms with van der Waals surface area (Å²) in [6.07, 6.45) is 1.08. The first kappa shape index (κ1) is 8.97. The van der Waals surface area contributed by atoms with E-state index in [1.54, 1.807) is 7.11 Å². The van der Waals surface area contributed by atoms with Crippen molar-refractivity contribution in [1.82, 2.24) is 10.2 Å². The summed E-state index contributed by atoms with van der Waals surface area (Å²) in [7, 11) is 5.71. The zero-order chi connectivity index (χ0) is 8.10. The van der Waals surface area contributed by atoms with Crippen LogP contribution in [-0.4, -0.2) is 44.3 Å². The van der Waals surface area contributed by atoms with Crippen LogP contribution < -0.4 is 5.32 Å². The van der Waals surface area contributed by atoms with Gasteiger partial charge in [0.2, 0.25) is 0 Å². The van der Waals surface area contributed by atoms with Crippen LogP contribution in [0.2, 0.25) is 0 Å². The van der Waals surface area contributed by atoms with E-state index in [-0.39, 0.29) is 0 Å². The summed E-state index contributed by atoms with van der Waals surface area (Å²) in [6, 6.07) is 0.559. The lowest BCUT2D eigenvalue weighted by Gasteiger charge is -2.32. The smallest absolute Gasteiger partial charge is 0.0477 e. The lowest BCUT2D eigenvalue weighted by molar-refractivity contribution is 0.141. The van der Waals surface area contributed by atoms with Gasteiger partial charge in [0.25, 0.3) is 0 Å². The summed E-state index contributed by atoms with van der Waals surface area (Å²) in [5, 5.41) is 3.34. The minimum absolute atomic E-state index is 0.559. The van der Waals surface area contributed by atoms with E-state index < -0.39 is 0 Å². The van der Waals surface area contributed by atoms with Crippen molar-refractivity contribution in [2.45, 2.75) is 12.5 Å². The Kier molecular flexibility index (Phi) is 3.83. The molecular formula is C8H17N2O. The molecular weight excluding hydrogens is 140 g/mol. The lowest BCUT2D eigenvalue weighted by atomic mass is 10.1. The molecule has 1 rings (SSSR count). The number of hydrogen-bond donors (Lipinski definition) is 1. The Balaban J connectivity index is 2.18. The van der Waals surface area contributed by atoms with Crippen molar-refractivity contribution in [3.8, 4) is 0 Å². The van der Waals surface area contributed by atoms with E-state index in [0.717, 1.165) is 32.7 Å². The Labute approximate surface area is 68.7 Å². The van der Waals surface area contributed by atoms with Crippen LogP contribution in [0.3, 0.4) is 0 Å². The zero-order valence-electron chi connectivity index (χ0n) is 7.18.